The van der Waals surface area contributed by atoms with E-state index in [9.17, 15) is 9.59 Å². The fraction of sp³-hybridized carbons (Fsp3) is 0.278. The number of thiazole rings is 1. The summed E-state index contributed by atoms with van der Waals surface area (Å²) in [7, 11) is 0. The Labute approximate surface area is 157 Å². The summed E-state index contributed by atoms with van der Waals surface area (Å²) in [4.78, 5) is 30.7. The second-order valence-electron chi connectivity index (χ2n) is 5.77. The van der Waals surface area contributed by atoms with Gasteiger partial charge in [0.05, 0.1) is 30.2 Å². The molecule has 1 amide bonds. The third-order valence-corrected chi connectivity index (χ3v) is 6.09. The van der Waals surface area contributed by atoms with Gasteiger partial charge in [-0.15, -0.1) is 11.3 Å². The maximum absolute atomic E-state index is 12.2. The molecular weight excluding hydrogens is 372 g/mol. The number of amides is 1. The van der Waals surface area contributed by atoms with E-state index in [1.54, 1.807) is 12.1 Å². The van der Waals surface area contributed by atoms with Crippen LogP contribution in [0.15, 0.2) is 49.3 Å². The Morgan fingerprint density at radius 2 is 2.08 bits per heavy atom. The molecule has 4 rings (SSSR count). The monoisotopic (exact) mass is 388 g/mol. The standard InChI is InChI=1S/C18H16N2O4S2/c21-16(20-5-7-23-8-6-20)11-26-18-19-14(10-25-18)13-9-12-3-1-2-4-15(12)24-17(13)22/h1-4,9-10H,5-8,11H2. The number of hydrogen-bond donors (Lipinski definition) is 0. The fourth-order valence-corrected chi connectivity index (χ4v) is 4.44. The lowest BCUT2D eigenvalue weighted by atomic mass is 10.1. The molecule has 0 unspecified atom stereocenters. The first kappa shape index (κ1) is 17.3. The smallest absolute Gasteiger partial charge is 0.345 e. The maximum Gasteiger partial charge on any atom is 0.345 e. The molecule has 1 saturated heterocycles. The summed E-state index contributed by atoms with van der Waals surface area (Å²) in [6.07, 6.45) is 0. The van der Waals surface area contributed by atoms with E-state index in [0.29, 0.717) is 48.9 Å². The summed E-state index contributed by atoms with van der Waals surface area (Å²) < 4.78 is 11.4. The Hall–Kier alpha value is -2.16. The molecule has 3 heterocycles. The van der Waals surface area contributed by atoms with E-state index in [-0.39, 0.29) is 5.91 Å². The van der Waals surface area contributed by atoms with Crippen LogP contribution in [0.3, 0.4) is 0 Å². The van der Waals surface area contributed by atoms with Gasteiger partial charge in [-0.25, -0.2) is 9.78 Å². The second kappa shape index (κ2) is 7.61. The molecule has 2 aromatic heterocycles. The van der Waals surface area contributed by atoms with Crippen molar-refractivity contribution in [3.05, 3.63) is 46.1 Å². The molecule has 6 nitrogen and oxygen atoms in total. The average molecular weight is 388 g/mol. The lowest BCUT2D eigenvalue weighted by Gasteiger charge is -2.26. The van der Waals surface area contributed by atoms with Crippen molar-refractivity contribution in [2.45, 2.75) is 4.34 Å². The molecule has 0 bridgehead atoms. The van der Waals surface area contributed by atoms with Crippen molar-refractivity contribution in [3.63, 3.8) is 0 Å². The number of aromatic nitrogens is 1. The summed E-state index contributed by atoms with van der Waals surface area (Å²) >= 11 is 2.81. The number of benzene rings is 1. The van der Waals surface area contributed by atoms with Gasteiger partial charge in [-0.2, -0.15) is 0 Å². The van der Waals surface area contributed by atoms with Crippen LogP contribution < -0.4 is 5.63 Å². The number of carbonyl (C=O) groups excluding carboxylic acids is 1. The Kier molecular flexibility index (Phi) is 5.05. The van der Waals surface area contributed by atoms with E-state index in [1.165, 1.54) is 23.1 Å². The van der Waals surface area contributed by atoms with E-state index >= 15 is 0 Å². The zero-order valence-corrected chi connectivity index (χ0v) is 15.5. The quantitative estimate of drug-likeness (QED) is 0.505. The molecular formula is C18H16N2O4S2. The Balaban J connectivity index is 1.48. The van der Waals surface area contributed by atoms with Crippen molar-refractivity contribution < 1.29 is 13.9 Å². The number of fused-ring (bicyclic) bond motifs is 1. The maximum atomic E-state index is 12.2. The van der Waals surface area contributed by atoms with Gasteiger partial charge in [0.25, 0.3) is 0 Å². The molecule has 8 heteroatoms. The zero-order chi connectivity index (χ0) is 17.9. The number of ether oxygens (including phenoxy) is 1. The number of thioether (sulfide) groups is 1. The minimum atomic E-state index is -0.407. The minimum Gasteiger partial charge on any atom is -0.422 e. The summed E-state index contributed by atoms with van der Waals surface area (Å²) in [5.41, 5.74) is 1.17. The topological polar surface area (TPSA) is 72.6 Å². The predicted octanol–water partition coefficient (Wildman–Crippen LogP) is 2.87. The summed E-state index contributed by atoms with van der Waals surface area (Å²) in [5, 5.41) is 2.68. The Morgan fingerprint density at radius 3 is 2.92 bits per heavy atom. The van der Waals surface area contributed by atoms with Crippen molar-refractivity contribution >= 4 is 40.0 Å². The highest BCUT2D eigenvalue weighted by atomic mass is 32.2. The van der Waals surface area contributed by atoms with E-state index in [4.69, 9.17) is 9.15 Å². The van der Waals surface area contributed by atoms with Crippen molar-refractivity contribution in [3.8, 4) is 11.3 Å². The van der Waals surface area contributed by atoms with Gasteiger partial charge in [0.1, 0.15) is 5.58 Å². The summed E-state index contributed by atoms with van der Waals surface area (Å²) in [5.74, 6) is 0.416. The number of hydrogen-bond acceptors (Lipinski definition) is 7. The highest BCUT2D eigenvalue weighted by molar-refractivity contribution is 8.01. The Morgan fingerprint density at radius 1 is 1.27 bits per heavy atom. The molecule has 3 aromatic rings. The molecule has 0 aliphatic carbocycles. The van der Waals surface area contributed by atoms with Crippen LogP contribution in [0.5, 0.6) is 0 Å². The van der Waals surface area contributed by atoms with Gasteiger partial charge < -0.3 is 14.1 Å². The van der Waals surface area contributed by atoms with Crippen molar-refractivity contribution in [2.75, 3.05) is 32.1 Å². The van der Waals surface area contributed by atoms with Gasteiger partial charge in [-0.05, 0) is 12.1 Å². The van der Waals surface area contributed by atoms with Gasteiger partial charge in [-0.1, -0.05) is 30.0 Å². The molecule has 134 valence electrons. The van der Waals surface area contributed by atoms with Gasteiger partial charge >= 0.3 is 5.63 Å². The van der Waals surface area contributed by atoms with Crippen LogP contribution in [-0.2, 0) is 9.53 Å². The highest BCUT2D eigenvalue weighted by Crippen LogP contribution is 2.28. The van der Waals surface area contributed by atoms with Crippen molar-refractivity contribution in [1.82, 2.24) is 9.88 Å². The van der Waals surface area contributed by atoms with Gasteiger partial charge in [0.15, 0.2) is 4.34 Å². The molecule has 0 atom stereocenters. The van der Waals surface area contributed by atoms with Crippen LogP contribution in [0.2, 0.25) is 0 Å². The van der Waals surface area contributed by atoms with E-state index in [0.717, 1.165) is 9.73 Å². The zero-order valence-electron chi connectivity index (χ0n) is 13.8. The number of para-hydroxylation sites is 1. The van der Waals surface area contributed by atoms with Crippen LogP contribution in [0, 0.1) is 0 Å². The second-order valence-corrected chi connectivity index (χ2v) is 7.85. The van der Waals surface area contributed by atoms with E-state index < -0.39 is 5.63 Å². The third kappa shape index (κ3) is 3.67. The predicted molar refractivity (Wildman–Crippen MR) is 102 cm³/mol. The normalized spacial score (nSPS) is 14.7. The van der Waals surface area contributed by atoms with Crippen molar-refractivity contribution in [1.29, 1.82) is 0 Å². The van der Waals surface area contributed by atoms with Gasteiger partial charge in [-0.3, -0.25) is 4.79 Å². The fourth-order valence-electron chi connectivity index (χ4n) is 2.72. The average Bonchev–Trinajstić information content (AvgIpc) is 3.15. The molecule has 1 fully saturated rings. The van der Waals surface area contributed by atoms with Crippen molar-refractivity contribution in [2.24, 2.45) is 0 Å². The summed E-state index contributed by atoms with van der Waals surface area (Å²) in [6.45, 7) is 2.46. The SMILES string of the molecule is O=C(CSc1nc(-c2cc3ccccc3oc2=O)cs1)N1CCOCC1. The van der Waals surface area contributed by atoms with Crippen LogP contribution in [0.4, 0.5) is 0 Å². The first-order valence-corrected chi connectivity index (χ1v) is 10.0. The van der Waals surface area contributed by atoms with E-state index in [1.807, 2.05) is 28.5 Å². The number of rotatable bonds is 4. The van der Waals surface area contributed by atoms with Crippen LogP contribution >= 0.6 is 23.1 Å². The lowest BCUT2D eigenvalue weighted by molar-refractivity contribution is -0.132. The van der Waals surface area contributed by atoms with Crippen LogP contribution in [-0.4, -0.2) is 47.8 Å². The Bertz CT molecular complexity index is 992. The molecule has 26 heavy (non-hydrogen) atoms. The molecule has 1 aliphatic rings. The van der Waals surface area contributed by atoms with Gasteiger partial charge in [0.2, 0.25) is 5.91 Å². The molecule has 0 radical (unpaired) electrons. The largest absolute Gasteiger partial charge is 0.422 e. The van der Waals surface area contributed by atoms with Crippen LogP contribution in [0.1, 0.15) is 0 Å². The number of carbonyl (C=O) groups is 1. The minimum absolute atomic E-state index is 0.0836. The first-order valence-electron chi connectivity index (χ1n) is 8.18. The van der Waals surface area contributed by atoms with Gasteiger partial charge in [0, 0.05) is 23.9 Å². The lowest BCUT2D eigenvalue weighted by Crippen LogP contribution is -2.41. The molecule has 0 saturated carbocycles. The first-order chi connectivity index (χ1) is 12.7. The summed E-state index contributed by atoms with van der Waals surface area (Å²) in [6, 6.07) is 9.17. The third-order valence-electron chi connectivity index (χ3n) is 4.08. The number of morpholine rings is 1. The van der Waals surface area contributed by atoms with Crippen LogP contribution in [0.25, 0.3) is 22.2 Å². The molecule has 0 spiro atoms. The number of nitrogens with zero attached hydrogens (tertiary/aromatic N) is 2. The molecule has 0 N–H and O–H groups in total. The molecule has 1 aromatic carbocycles. The molecule has 1 aliphatic heterocycles. The highest BCUT2D eigenvalue weighted by Gasteiger charge is 2.18. The van der Waals surface area contributed by atoms with E-state index in [2.05, 4.69) is 4.98 Å².